The van der Waals surface area contributed by atoms with Gasteiger partial charge in [-0.3, -0.25) is 15.4 Å². The van der Waals surface area contributed by atoms with E-state index in [1.807, 2.05) is 9.91 Å². The van der Waals surface area contributed by atoms with Crippen LogP contribution in [0.3, 0.4) is 0 Å². The number of piperidine rings is 2. The summed E-state index contributed by atoms with van der Waals surface area (Å²) in [6.07, 6.45) is 5.80. The topological polar surface area (TPSA) is 78.7 Å². The summed E-state index contributed by atoms with van der Waals surface area (Å²) < 4.78 is 0. The zero-order valence-corrected chi connectivity index (χ0v) is 13.1. The van der Waals surface area contributed by atoms with E-state index in [2.05, 4.69) is 5.32 Å². The summed E-state index contributed by atoms with van der Waals surface area (Å²) in [5.41, 5.74) is 0.419. The number of nitrogens with one attached hydrogen (secondary N) is 1. The lowest BCUT2D eigenvalue weighted by Crippen LogP contribution is -2.49. The number of hydrazine groups is 1. The monoisotopic (exact) mass is 296 g/mol. The van der Waals surface area contributed by atoms with Gasteiger partial charge in [-0.25, -0.2) is 5.01 Å². The third kappa shape index (κ3) is 4.68. The maximum Gasteiger partial charge on any atom is 0.222 e. The van der Waals surface area contributed by atoms with Crippen molar-refractivity contribution in [1.82, 2.24) is 15.2 Å². The molecule has 0 bridgehead atoms. The van der Waals surface area contributed by atoms with Gasteiger partial charge in [0.1, 0.15) is 0 Å². The van der Waals surface area contributed by atoms with Crippen molar-refractivity contribution in [3.63, 3.8) is 0 Å². The molecule has 0 aromatic rings. The molecule has 2 amide bonds. The average molecular weight is 296 g/mol. The number of amides is 2. The molecule has 2 rings (SSSR count). The highest BCUT2D eigenvalue weighted by molar-refractivity contribution is 5.76. The minimum atomic E-state index is -0.0337. The Morgan fingerprint density at radius 1 is 1.10 bits per heavy atom. The molecule has 2 aliphatic rings. The number of carbonyl (C=O) groups excluding carboxylic acids is 2. The lowest BCUT2D eigenvalue weighted by Gasteiger charge is -2.46. The standard InChI is InChI=1S/C15H28N4O2/c1-13(20)17-8-2-3-14(21)18-9-4-15(5-10-18)6-11-19(16)12-7-15/h2-12,16H2,1H3,(H,17,20). The van der Waals surface area contributed by atoms with E-state index in [4.69, 9.17) is 5.84 Å². The van der Waals surface area contributed by atoms with Gasteiger partial charge in [0.2, 0.25) is 11.8 Å². The first-order valence-corrected chi connectivity index (χ1v) is 8.03. The third-order valence-electron chi connectivity index (χ3n) is 4.98. The Kier molecular flexibility index (Phi) is 5.58. The van der Waals surface area contributed by atoms with Crippen molar-refractivity contribution in [3.05, 3.63) is 0 Å². The third-order valence-corrected chi connectivity index (χ3v) is 4.98. The highest BCUT2D eigenvalue weighted by atomic mass is 16.2. The fourth-order valence-corrected chi connectivity index (χ4v) is 3.39. The zero-order chi connectivity index (χ0) is 15.3. The molecule has 1 spiro atoms. The van der Waals surface area contributed by atoms with Gasteiger partial charge in [0.05, 0.1) is 0 Å². The van der Waals surface area contributed by atoms with Crippen LogP contribution < -0.4 is 11.2 Å². The van der Waals surface area contributed by atoms with E-state index in [1.54, 1.807) is 0 Å². The molecule has 3 N–H and O–H groups in total. The largest absolute Gasteiger partial charge is 0.356 e. The van der Waals surface area contributed by atoms with Crippen molar-refractivity contribution in [1.29, 1.82) is 0 Å². The maximum absolute atomic E-state index is 12.2. The van der Waals surface area contributed by atoms with Crippen molar-refractivity contribution < 1.29 is 9.59 Å². The van der Waals surface area contributed by atoms with E-state index < -0.39 is 0 Å². The van der Waals surface area contributed by atoms with Crippen LogP contribution in [0.1, 0.15) is 45.4 Å². The predicted octanol–water partition coefficient (Wildman–Crippen LogP) is 0.481. The lowest BCUT2D eigenvalue weighted by molar-refractivity contribution is -0.134. The summed E-state index contributed by atoms with van der Waals surface area (Å²) in [5, 5.41) is 4.64. The van der Waals surface area contributed by atoms with Gasteiger partial charge in [0, 0.05) is 46.1 Å². The van der Waals surface area contributed by atoms with Gasteiger partial charge in [0.25, 0.3) is 0 Å². The van der Waals surface area contributed by atoms with Gasteiger partial charge in [-0.15, -0.1) is 0 Å². The molecule has 2 fully saturated rings. The summed E-state index contributed by atoms with van der Waals surface area (Å²) in [6, 6.07) is 0. The highest BCUT2D eigenvalue weighted by Crippen LogP contribution is 2.40. The van der Waals surface area contributed by atoms with Crippen LogP contribution in [0.2, 0.25) is 0 Å². The molecule has 0 aromatic heterocycles. The average Bonchev–Trinajstić information content (AvgIpc) is 2.47. The molecule has 120 valence electrons. The van der Waals surface area contributed by atoms with Crippen LogP contribution >= 0.6 is 0 Å². The van der Waals surface area contributed by atoms with Gasteiger partial charge in [-0.2, -0.15) is 0 Å². The quantitative estimate of drug-likeness (QED) is 0.584. The van der Waals surface area contributed by atoms with Crippen LogP contribution in [0.5, 0.6) is 0 Å². The van der Waals surface area contributed by atoms with Gasteiger partial charge >= 0.3 is 0 Å². The minimum absolute atomic E-state index is 0.0337. The number of carbonyl (C=O) groups is 2. The van der Waals surface area contributed by atoms with Gasteiger partial charge in [-0.05, 0) is 37.5 Å². The first-order chi connectivity index (χ1) is 10.0. The molecule has 0 saturated carbocycles. The highest BCUT2D eigenvalue weighted by Gasteiger charge is 2.37. The summed E-state index contributed by atoms with van der Waals surface area (Å²) in [5.74, 6) is 6.02. The Morgan fingerprint density at radius 3 is 2.24 bits per heavy atom. The molecule has 0 unspecified atom stereocenters. The smallest absolute Gasteiger partial charge is 0.222 e. The normalized spacial score (nSPS) is 22.3. The summed E-state index contributed by atoms with van der Waals surface area (Å²) in [6.45, 7) is 5.80. The number of rotatable bonds is 4. The summed E-state index contributed by atoms with van der Waals surface area (Å²) in [7, 11) is 0. The molecule has 0 aliphatic carbocycles. The SMILES string of the molecule is CC(=O)NCCCC(=O)N1CCC2(CCN(N)CC2)CC1. The molecule has 6 nitrogen and oxygen atoms in total. The Morgan fingerprint density at radius 2 is 1.67 bits per heavy atom. The molecular weight excluding hydrogens is 268 g/mol. The molecule has 0 radical (unpaired) electrons. The molecule has 0 aromatic carbocycles. The van der Waals surface area contributed by atoms with E-state index in [9.17, 15) is 9.59 Å². The number of likely N-dealkylation sites (tertiary alicyclic amines) is 1. The Hall–Kier alpha value is -1.14. The predicted molar refractivity (Wildman–Crippen MR) is 81.2 cm³/mol. The molecular formula is C15H28N4O2. The fourth-order valence-electron chi connectivity index (χ4n) is 3.39. The number of nitrogens with two attached hydrogens (primary N) is 1. The minimum Gasteiger partial charge on any atom is -0.356 e. The van der Waals surface area contributed by atoms with Crippen molar-refractivity contribution in [2.75, 3.05) is 32.7 Å². The van der Waals surface area contributed by atoms with E-state index in [-0.39, 0.29) is 11.8 Å². The van der Waals surface area contributed by atoms with Crippen LogP contribution in [0.15, 0.2) is 0 Å². The zero-order valence-electron chi connectivity index (χ0n) is 13.1. The molecule has 2 heterocycles. The molecule has 21 heavy (non-hydrogen) atoms. The van der Waals surface area contributed by atoms with E-state index in [1.165, 1.54) is 6.92 Å². The Balaban J connectivity index is 1.68. The molecule has 2 aliphatic heterocycles. The van der Waals surface area contributed by atoms with Crippen LogP contribution in [-0.2, 0) is 9.59 Å². The second kappa shape index (κ2) is 7.22. The second-order valence-electron chi connectivity index (χ2n) is 6.50. The van der Waals surface area contributed by atoms with Crippen molar-refractivity contribution in [2.24, 2.45) is 11.3 Å². The Labute approximate surface area is 127 Å². The number of hydrogen-bond acceptors (Lipinski definition) is 4. The number of hydrogen-bond donors (Lipinski definition) is 2. The van der Waals surface area contributed by atoms with E-state index in [0.717, 1.165) is 58.3 Å². The fraction of sp³-hybridized carbons (Fsp3) is 0.867. The molecule has 0 atom stereocenters. The summed E-state index contributed by atoms with van der Waals surface area (Å²) in [4.78, 5) is 24.9. The van der Waals surface area contributed by atoms with Crippen LogP contribution in [0.4, 0.5) is 0 Å². The molecule has 6 heteroatoms. The van der Waals surface area contributed by atoms with E-state index in [0.29, 0.717) is 18.4 Å². The molecule has 2 saturated heterocycles. The van der Waals surface area contributed by atoms with E-state index >= 15 is 0 Å². The van der Waals surface area contributed by atoms with Crippen molar-refractivity contribution >= 4 is 11.8 Å². The lowest BCUT2D eigenvalue weighted by atomic mass is 9.71. The second-order valence-corrected chi connectivity index (χ2v) is 6.50. The van der Waals surface area contributed by atoms with Crippen LogP contribution in [0, 0.1) is 5.41 Å². The first kappa shape index (κ1) is 16.2. The van der Waals surface area contributed by atoms with Gasteiger partial charge in [-0.1, -0.05) is 0 Å². The first-order valence-electron chi connectivity index (χ1n) is 8.03. The van der Waals surface area contributed by atoms with Gasteiger partial charge in [0.15, 0.2) is 0 Å². The number of nitrogens with zero attached hydrogens (tertiary/aromatic N) is 2. The van der Waals surface area contributed by atoms with Crippen LogP contribution in [-0.4, -0.2) is 54.4 Å². The van der Waals surface area contributed by atoms with Gasteiger partial charge < -0.3 is 10.2 Å². The summed E-state index contributed by atoms with van der Waals surface area (Å²) >= 11 is 0. The van der Waals surface area contributed by atoms with Crippen molar-refractivity contribution in [2.45, 2.75) is 45.4 Å². The maximum atomic E-state index is 12.2. The Bertz CT molecular complexity index is 368. The van der Waals surface area contributed by atoms with Crippen molar-refractivity contribution in [3.8, 4) is 0 Å². The van der Waals surface area contributed by atoms with Crippen LogP contribution in [0.25, 0.3) is 0 Å².